The van der Waals surface area contributed by atoms with Gasteiger partial charge in [-0.25, -0.2) is 0 Å². The molecule has 0 radical (unpaired) electrons. The first-order valence-corrected chi connectivity index (χ1v) is 7.85. The molecule has 3 heteroatoms. The smallest absolute Gasteiger partial charge is 0.125 e. The van der Waals surface area contributed by atoms with Crippen LogP contribution in [0.25, 0.3) is 10.8 Å². The number of fused-ring (bicyclic) bond motifs is 1. The van der Waals surface area contributed by atoms with Gasteiger partial charge in [0.2, 0.25) is 0 Å². The summed E-state index contributed by atoms with van der Waals surface area (Å²) in [6.07, 6.45) is 0.595. The molecule has 0 saturated heterocycles. The number of hydrogen-bond acceptors (Lipinski definition) is 3. The highest BCUT2D eigenvalue weighted by Crippen LogP contribution is 2.32. The SMILES string of the molecule is COc1ccc(CC(C#N)c2cccc3ccccc23)c(OC)c1. The number of hydrogen-bond donors (Lipinski definition) is 0. The lowest BCUT2D eigenvalue weighted by Crippen LogP contribution is -2.03. The van der Waals surface area contributed by atoms with Gasteiger partial charge in [0.15, 0.2) is 0 Å². The number of methoxy groups -OCH3 is 2. The van der Waals surface area contributed by atoms with E-state index in [0.717, 1.165) is 33.4 Å². The number of rotatable bonds is 5. The van der Waals surface area contributed by atoms with E-state index in [4.69, 9.17) is 9.47 Å². The van der Waals surface area contributed by atoms with Gasteiger partial charge in [0.05, 0.1) is 26.2 Å². The molecular formula is C21H19NO2. The fourth-order valence-corrected chi connectivity index (χ4v) is 3.02. The maximum absolute atomic E-state index is 9.75. The molecule has 1 atom stereocenters. The predicted octanol–water partition coefficient (Wildman–Crippen LogP) is 4.71. The van der Waals surface area contributed by atoms with Crippen LogP contribution in [0.15, 0.2) is 60.7 Å². The van der Waals surface area contributed by atoms with E-state index in [-0.39, 0.29) is 5.92 Å². The molecule has 0 spiro atoms. The van der Waals surface area contributed by atoms with E-state index in [1.54, 1.807) is 14.2 Å². The minimum atomic E-state index is -0.238. The van der Waals surface area contributed by atoms with Gasteiger partial charge in [0.25, 0.3) is 0 Å². The number of nitrogens with zero attached hydrogens (tertiary/aromatic N) is 1. The molecular weight excluding hydrogens is 298 g/mol. The quantitative estimate of drug-likeness (QED) is 0.684. The highest BCUT2D eigenvalue weighted by molar-refractivity contribution is 5.86. The van der Waals surface area contributed by atoms with E-state index in [0.29, 0.717) is 6.42 Å². The summed E-state index contributed by atoms with van der Waals surface area (Å²) in [5, 5.41) is 12.0. The first-order valence-electron chi connectivity index (χ1n) is 7.85. The molecule has 0 bridgehead atoms. The van der Waals surface area contributed by atoms with E-state index < -0.39 is 0 Å². The molecule has 0 aliphatic carbocycles. The van der Waals surface area contributed by atoms with Gasteiger partial charge in [-0.2, -0.15) is 5.26 Å². The maximum Gasteiger partial charge on any atom is 0.125 e. The summed E-state index contributed by atoms with van der Waals surface area (Å²) >= 11 is 0. The second-order valence-electron chi connectivity index (χ2n) is 5.63. The van der Waals surface area contributed by atoms with Gasteiger partial charge in [-0.05, 0) is 34.4 Å². The monoisotopic (exact) mass is 317 g/mol. The first-order chi connectivity index (χ1) is 11.8. The van der Waals surface area contributed by atoms with Gasteiger partial charge in [0, 0.05) is 6.07 Å². The lowest BCUT2D eigenvalue weighted by Gasteiger charge is -2.15. The summed E-state index contributed by atoms with van der Waals surface area (Å²) in [4.78, 5) is 0. The molecule has 0 aromatic heterocycles. The molecule has 0 aliphatic heterocycles. The van der Waals surface area contributed by atoms with E-state index >= 15 is 0 Å². The van der Waals surface area contributed by atoms with Gasteiger partial charge in [0.1, 0.15) is 11.5 Å². The molecule has 0 N–H and O–H groups in total. The second-order valence-corrected chi connectivity index (χ2v) is 5.63. The van der Waals surface area contributed by atoms with Crippen LogP contribution in [0.5, 0.6) is 11.5 Å². The Bertz CT molecular complexity index is 890. The lowest BCUT2D eigenvalue weighted by molar-refractivity contribution is 0.390. The molecule has 0 fully saturated rings. The fraction of sp³-hybridized carbons (Fsp3) is 0.190. The van der Waals surface area contributed by atoms with E-state index in [9.17, 15) is 5.26 Å². The molecule has 1 unspecified atom stereocenters. The van der Waals surface area contributed by atoms with Crippen molar-refractivity contribution < 1.29 is 9.47 Å². The molecule has 0 saturated carbocycles. The molecule has 3 rings (SSSR count). The van der Waals surface area contributed by atoms with Gasteiger partial charge < -0.3 is 9.47 Å². The van der Waals surface area contributed by atoms with Crippen molar-refractivity contribution in [3.05, 3.63) is 71.8 Å². The molecule has 3 aromatic carbocycles. The third-order valence-corrected chi connectivity index (χ3v) is 4.27. The normalized spacial score (nSPS) is 11.7. The Morgan fingerprint density at radius 2 is 1.75 bits per heavy atom. The summed E-state index contributed by atoms with van der Waals surface area (Å²) in [5.74, 6) is 1.25. The Kier molecular flexibility index (Phi) is 4.67. The van der Waals surface area contributed by atoms with Crippen LogP contribution in [-0.4, -0.2) is 14.2 Å². The summed E-state index contributed by atoms with van der Waals surface area (Å²) in [5.41, 5.74) is 2.05. The predicted molar refractivity (Wildman–Crippen MR) is 95.6 cm³/mol. The van der Waals surface area contributed by atoms with Crippen LogP contribution in [0.3, 0.4) is 0 Å². The zero-order chi connectivity index (χ0) is 16.9. The third kappa shape index (κ3) is 3.04. The van der Waals surface area contributed by atoms with Crippen molar-refractivity contribution in [1.29, 1.82) is 5.26 Å². The second kappa shape index (κ2) is 7.06. The zero-order valence-electron chi connectivity index (χ0n) is 13.8. The van der Waals surface area contributed by atoms with Crippen molar-refractivity contribution in [2.24, 2.45) is 0 Å². The molecule has 120 valence electrons. The van der Waals surface area contributed by atoms with Crippen molar-refractivity contribution >= 4 is 10.8 Å². The third-order valence-electron chi connectivity index (χ3n) is 4.27. The Morgan fingerprint density at radius 3 is 2.50 bits per heavy atom. The Hall–Kier alpha value is -2.99. The van der Waals surface area contributed by atoms with Crippen LogP contribution in [0.4, 0.5) is 0 Å². The number of ether oxygens (including phenoxy) is 2. The van der Waals surface area contributed by atoms with E-state index in [1.165, 1.54) is 0 Å². The minimum absolute atomic E-state index is 0.238. The highest BCUT2D eigenvalue weighted by Gasteiger charge is 2.17. The molecule has 3 nitrogen and oxygen atoms in total. The highest BCUT2D eigenvalue weighted by atomic mass is 16.5. The van der Waals surface area contributed by atoms with Crippen LogP contribution >= 0.6 is 0 Å². The van der Waals surface area contributed by atoms with Crippen molar-refractivity contribution in [3.63, 3.8) is 0 Å². The molecule has 0 amide bonds. The van der Waals surface area contributed by atoms with Crippen LogP contribution < -0.4 is 9.47 Å². The van der Waals surface area contributed by atoms with Crippen LogP contribution in [0.1, 0.15) is 17.0 Å². The van der Waals surface area contributed by atoms with Crippen LogP contribution in [-0.2, 0) is 6.42 Å². The fourth-order valence-electron chi connectivity index (χ4n) is 3.02. The molecule has 0 heterocycles. The number of nitriles is 1. The first kappa shape index (κ1) is 15.9. The van der Waals surface area contributed by atoms with Crippen molar-refractivity contribution in [2.75, 3.05) is 14.2 Å². The standard InChI is InChI=1S/C21H19NO2/c1-23-18-11-10-16(21(13-18)24-2)12-17(14-22)20-9-5-7-15-6-3-4-8-19(15)20/h3-11,13,17H,12H2,1-2H3. The summed E-state index contributed by atoms with van der Waals surface area (Å²) in [7, 11) is 3.26. The van der Waals surface area contributed by atoms with Crippen molar-refractivity contribution in [2.45, 2.75) is 12.3 Å². The minimum Gasteiger partial charge on any atom is -0.497 e. The largest absolute Gasteiger partial charge is 0.497 e. The average Bonchev–Trinajstić information content (AvgIpc) is 2.65. The lowest BCUT2D eigenvalue weighted by atomic mass is 9.89. The Balaban J connectivity index is 2.00. The van der Waals surface area contributed by atoms with Crippen LogP contribution in [0.2, 0.25) is 0 Å². The summed E-state index contributed by atoms with van der Waals surface area (Å²) < 4.78 is 10.7. The number of benzene rings is 3. The van der Waals surface area contributed by atoms with Crippen molar-refractivity contribution in [1.82, 2.24) is 0 Å². The van der Waals surface area contributed by atoms with E-state index in [1.807, 2.05) is 42.5 Å². The van der Waals surface area contributed by atoms with Crippen LogP contribution in [0, 0.1) is 11.3 Å². The molecule has 0 aliphatic rings. The van der Waals surface area contributed by atoms with Gasteiger partial charge >= 0.3 is 0 Å². The van der Waals surface area contributed by atoms with E-state index in [2.05, 4.69) is 24.3 Å². The van der Waals surface area contributed by atoms with Crippen molar-refractivity contribution in [3.8, 4) is 17.6 Å². The molecule has 24 heavy (non-hydrogen) atoms. The molecule has 3 aromatic rings. The summed E-state index contributed by atoms with van der Waals surface area (Å²) in [6.45, 7) is 0. The topological polar surface area (TPSA) is 42.2 Å². The Morgan fingerprint density at radius 1 is 0.958 bits per heavy atom. The van der Waals surface area contributed by atoms with Gasteiger partial charge in [-0.15, -0.1) is 0 Å². The van der Waals surface area contributed by atoms with Gasteiger partial charge in [-0.3, -0.25) is 0 Å². The Labute approximate surface area is 142 Å². The van der Waals surface area contributed by atoms with Gasteiger partial charge in [-0.1, -0.05) is 48.5 Å². The average molecular weight is 317 g/mol. The zero-order valence-corrected chi connectivity index (χ0v) is 13.8. The summed E-state index contributed by atoms with van der Waals surface area (Å²) in [6, 6.07) is 22.4. The maximum atomic E-state index is 9.75.